The molecular weight excluding hydrogens is 363 g/mol. The smallest absolute Gasteiger partial charge is 0.435 e. The maximum Gasteiger partial charge on any atom is 0.435 e. The van der Waals surface area contributed by atoms with Gasteiger partial charge in [0.05, 0.1) is 13.2 Å². The van der Waals surface area contributed by atoms with Crippen LogP contribution in [0.4, 0.5) is 4.79 Å². The zero-order chi connectivity index (χ0) is 18.8. The quantitative estimate of drug-likeness (QED) is 0.425. The maximum atomic E-state index is 11.7. The van der Waals surface area contributed by atoms with Crippen LogP contribution in [0.25, 0.3) is 0 Å². The van der Waals surface area contributed by atoms with Crippen LogP contribution >= 0.6 is 7.60 Å². The van der Waals surface area contributed by atoms with Gasteiger partial charge in [0.1, 0.15) is 18.3 Å². The van der Waals surface area contributed by atoms with Crippen molar-refractivity contribution < 1.29 is 38.5 Å². The van der Waals surface area contributed by atoms with Crippen molar-refractivity contribution in [2.45, 2.75) is 31.5 Å². The number of hydrogen-bond donors (Lipinski definition) is 4. The van der Waals surface area contributed by atoms with Gasteiger partial charge in [-0.1, -0.05) is 0 Å². The SMILES string of the molecule is CCOC(=O)P(=O)(O)OC[C@H]1O[C@@H](n2ccc(=O)[nH]c2=O)[C@H](O)[C@@H]1O. The van der Waals surface area contributed by atoms with Crippen LogP contribution in [-0.2, 0) is 18.6 Å². The summed E-state index contributed by atoms with van der Waals surface area (Å²) in [7, 11) is -4.76. The van der Waals surface area contributed by atoms with Crippen molar-refractivity contribution in [3.05, 3.63) is 33.1 Å². The molecule has 12 nitrogen and oxygen atoms in total. The van der Waals surface area contributed by atoms with Crippen LogP contribution in [0.1, 0.15) is 13.2 Å². The second kappa shape index (κ2) is 7.60. The molecule has 0 spiro atoms. The van der Waals surface area contributed by atoms with Crippen molar-refractivity contribution in [3.63, 3.8) is 0 Å². The van der Waals surface area contributed by atoms with E-state index in [0.29, 0.717) is 0 Å². The highest BCUT2D eigenvalue weighted by atomic mass is 31.2. The standard InChI is InChI=1S/C12H17N2O10P/c1-2-22-12(19)25(20,21)23-5-6-8(16)9(17)10(24-6)14-4-3-7(15)13-11(14)18/h3-4,6,8-10,16-17H,2,5H2,1H3,(H,20,21)(H,13,15,18)/t6-,8-,9-,10-/m1/s1. The fraction of sp³-hybridized carbons (Fsp3) is 0.583. The number of H-pyrrole nitrogens is 1. The number of hydrogen-bond acceptors (Lipinski definition) is 9. The van der Waals surface area contributed by atoms with Crippen molar-refractivity contribution in [2.75, 3.05) is 13.2 Å². The third kappa shape index (κ3) is 4.24. The number of aliphatic hydroxyl groups is 2. The maximum absolute atomic E-state index is 11.7. The molecule has 4 N–H and O–H groups in total. The Labute approximate surface area is 140 Å². The predicted molar refractivity (Wildman–Crippen MR) is 80.0 cm³/mol. The summed E-state index contributed by atoms with van der Waals surface area (Å²) in [5, 5.41) is 19.9. The number of ether oxygens (including phenoxy) is 2. The number of rotatable bonds is 6. The monoisotopic (exact) mass is 380 g/mol. The molecule has 1 aliphatic rings. The van der Waals surface area contributed by atoms with Crippen LogP contribution in [0.2, 0.25) is 0 Å². The lowest BCUT2D eigenvalue weighted by atomic mass is 10.1. The summed E-state index contributed by atoms with van der Waals surface area (Å²) in [6.45, 7) is 0.579. The predicted octanol–water partition coefficient (Wildman–Crippen LogP) is -1.49. The first kappa shape index (κ1) is 19.5. The van der Waals surface area contributed by atoms with Gasteiger partial charge in [-0.15, -0.1) is 0 Å². The van der Waals surface area contributed by atoms with Crippen LogP contribution in [0, 0.1) is 0 Å². The lowest BCUT2D eigenvalue weighted by Gasteiger charge is -2.17. The topological polar surface area (TPSA) is 177 Å². The van der Waals surface area contributed by atoms with Gasteiger partial charge in [0, 0.05) is 12.3 Å². The zero-order valence-corrected chi connectivity index (χ0v) is 13.9. The van der Waals surface area contributed by atoms with E-state index in [4.69, 9.17) is 4.74 Å². The van der Waals surface area contributed by atoms with Gasteiger partial charge in [-0.2, -0.15) is 0 Å². The largest absolute Gasteiger partial charge is 0.457 e. The van der Waals surface area contributed by atoms with Crippen molar-refractivity contribution >= 4 is 13.3 Å². The first-order chi connectivity index (χ1) is 11.7. The van der Waals surface area contributed by atoms with E-state index in [1.807, 2.05) is 4.98 Å². The third-order valence-corrected chi connectivity index (χ3v) is 4.46. The summed E-state index contributed by atoms with van der Waals surface area (Å²) in [5.41, 5.74) is -3.01. The van der Waals surface area contributed by atoms with Crippen molar-refractivity contribution in [1.29, 1.82) is 0 Å². The highest BCUT2D eigenvalue weighted by Crippen LogP contribution is 2.45. The number of aromatic amines is 1. The molecule has 0 aromatic carbocycles. The minimum absolute atomic E-state index is 0.134. The Morgan fingerprint density at radius 2 is 2.08 bits per heavy atom. The van der Waals surface area contributed by atoms with E-state index < -0.39 is 55.7 Å². The lowest BCUT2D eigenvalue weighted by molar-refractivity contribution is -0.0524. The van der Waals surface area contributed by atoms with Gasteiger partial charge in [0.2, 0.25) is 0 Å². The first-order valence-corrected chi connectivity index (χ1v) is 8.73. The second-order valence-electron chi connectivity index (χ2n) is 5.08. The number of carbonyl (C=O) groups is 1. The van der Waals surface area contributed by atoms with Crippen LogP contribution in [0.15, 0.2) is 21.9 Å². The van der Waals surface area contributed by atoms with Gasteiger partial charge in [0.25, 0.3) is 5.56 Å². The fourth-order valence-corrected chi connectivity index (χ4v) is 2.90. The molecule has 0 saturated carbocycles. The Hall–Kier alpha value is -1.82. The summed E-state index contributed by atoms with van der Waals surface area (Å²) < 4.78 is 26.7. The molecule has 25 heavy (non-hydrogen) atoms. The number of carbonyl (C=O) groups excluding carboxylic acids is 1. The molecule has 1 fully saturated rings. The van der Waals surface area contributed by atoms with E-state index in [1.165, 1.54) is 6.92 Å². The normalized spacial score (nSPS) is 28.5. The Morgan fingerprint density at radius 1 is 1.40 bits per heavy atom. The molecule has 1 unspecified atom stereocenters. The number of aromatic nitrogens is 2. The van der Waals surface area contributed by atoms with Gasteiger partial charge in [-0.3, -0.25) is 18.9 Å². The minimum atomic E-state index is -4.76. The number of nitrogens with one attached hydrogen (secondary N) is 1. The molecule has 140 valence electrons. The van der Waals surface area contributed by atoms with E-state index in [0.717, 1.165) is 16.8 Å². The summed E-state index contributed by atoms with van der Waals surface area (Å²) in [6.07, 6.45) is -4.79. The van der Waals surface area contributed by atoms with E-state index >= 15 is 0 Å². The third-order valence-electron chi connectivity index (χ3n) is 3.37. The molecule has 1 saturated heterocycles. The number of aliphatic hydroxyl groups excluding tert-OH is 2. The summed E-state index contributed by atoms with van der Waals surface area (Å²) in [4.78, 5) is 45.5. The summed E-state index contributed by atoms with van der Waals surface area (Å²) in [5.74, 6) is 0. The first-order valence-electron chi connectivity index (χ1n) is 7.15. The van der Waals surface area contributed by atoms with E-state index in [-0.39, 0.29) is 6.61 Å². The Bertz CT molecular complexity index is 789. The summed E-state index contributed by atoms with van der Waals surface area (Å²) in [6, 6.07) is 1.01. The van der Waals surface area contributed by atoms with Crippen LogP contribution in [-0.4, -0.2) is 61.9 Å². The van der Waals surface area contributed by atoms with Crippen molar-refractivity contribution in [1.82, 2.24) is 9.55 Å². The highest BCUT2D eigenvalue weighted by Gasteiger charge is 2.45. The number of nitrogens with zero attached hydrogens (tertiary/aromatic N) is 1. The van der Waals surface area contributed by atoms with Gasteiger partial charge >= 0.3 is 19.0 Å². The van der Waals surface area contributed by atoms with Crippen LogP contribution in [0.5, 0.6) is 0 Å². The van der Waals surface area contributed by atoms with Crippen LogP contribution < -0.4 is 11.2 Å². The Balaban J connectivity index is 2.09. The molecule has 1 aliphatic heterocycles. The minimum Gasteiger partial charge on any atom is -0.457 e. The van der Waals surface area contributed by atoms with Gasteiger partial charge < -0.3 is 24.6 Å². The van der Waals surface area contributed by atoms with Gasteiger partial charge in [-0.25, -0.2) is 14.2 Å². The summed E-state index contributed by atoms with van der Waals surface area (Å²) >= 11 is 0. The molecule has 0 aliphatic carbocycles. The molecule has 2 heterocycles. The van der Waals surface area contributed by atoms with Gasteiger partial charge in [0.15, 0.2) is 6.23 Å². The molecule has 1 aromatic rings. The molecule has 13 heteroatoms. The molecular formula is C12H17N2O10P. The zero-order valence-electron chi connectivity index (χ0n) is 13.0. The van der Waals surface area contributed by atoms with Gasteiger partial charge in [-0.05, 0) is 6.92 Å². The average Bonchev–Trinajstić information content (AvgIpc) is 2.81. The average molecular weight is 380 g/mol. The molecule has 0 bridgehead atoms. The second-order valence-corrected chi connectivity index (χ2v) is 6.74. The van der Waals surface area contributed by atoms with E-state index in [9.17, 15) is 34.1 Å². The van der Waals surface area contributed by atoms with Crippen molar-refractivity contribution in [3.8, 4) is 0 Å². The van der Waals surface area contributed by atoms with E-state index in [2.05, 4.69) is 9.26 Å². The fourth-order valence-electron chi connectivity index (χ4n) is 2.16. The van der Waals surface area contributed by atoms with E-state index in [1.54, 1.807) is 0 Å². The molecule has 5 atom stereocenters. The molecule has 0 radical (unpaired) electrons. The molecule has 0 amide bonds. The van der Waals surface area contributed by atoms with Crippen LogP contribution in [0.3, 0.4) is 0 Å². The van der Waals surface area contributed by atoms with Crippen molar-refractivity contribution in [2.24, 2.45) is 0 Å². The Morgan fingerprint density at radius 3 is 2.68 bits per heavy atom. The molecule has 2 rings (SSSR count). The Kier molecular flexibility index (Phi) is 5.93. The lowest BCUT2D eigenvalue weighted by Crippen LogP contribution is -2.37. The molecule has 1 aromatic heterocycles. The highest BCUT2D eigenvalue weighted by molar-refractivity contribution is 7.70.